The highest BCUT2D eigenvalue weighted by Gasteiger charge is 2.63. The predicted molar refractivity (Wildman–Crippen MR) is 116 cm³/mol. The summed E-state index contributed by atoms with van der Waals surface area (Å²) in [6.07, 6.45) is 1.60. The van der Waals surface area contributed by atoms with Crippen molar-refractivity contribution < 1.29 is 22.8 Å². The lowest BCUT2D eigenvalue weighted by molar-refractivity contribution is -0.170. The van der Waals surface area contributed by atoms with Crippen molar-refractivity contribution in [3.05, 3.63) is 12.2 Å². The first-order chi connectivity index (χ1) is 14.7. The van der Waals surface area contributed by atoms with Crippen molar-refractivity contribution >= 4 is 11.8 Å². The predicted octanol–water partition coefficient (Wildman–Crippen LogP) is 4.93. The van der Waals surface area contributed by atoms with Crippen LogP contribution in [0.1, 0.15) is 65.7 Å². The maximum absolute atomic E-state index is 13.4. The molecule has 4 rings (SSSR count). The lowest BCUT2D eigenvalue weighted by Gasteiger charge is -2.62. The number of carbonyl (C=O) groups excluding carboxylic acids is 2. The summed E-state index contributed by atoms with van der Waals surface area (Å²) in [4.78, 5) is 26.6. The number of hydrogen-bond acceptors (Lipinski definition) is 2. The molecule has 3 aliphatic carbocycles. The van der Waals surface area contributed by atoms with E-state index in [9.17, 15) is 22.8 Å². The summed E-state index contributed by atoms with van der Waals surface area (Å²) in [5.74, 6) is -0.933. The number of primary amides is 1. The average Bonchev–Trinajstić information content (AvgIpc) is 3.06. The second kappa shape index (κ2) is 7.49. The molecule has 4 fully saturated rings. The number of amides is 2. The van der Waals surface area contributed by atoms with Crippen molar-refractivity contribution in [2.24, 2.45) is 52.1 Å². The Morgan fingerprint density at radius 3 is 2.34 bits per heavy atom. The molecule has 1 aliphatic heterocycles. The van der Waals surface area contributed by atoms with E-state index in [4.69, 9.17) is 5.73 Å². The van der Waals surface area contributed by atoms with Gasteiger partial charge in [0.25, 0.3) is 0 Å². The molecular formula is C25H37F3N2O2. The number of rotatable bonds is 3. The zero-order valence-electron chi connectivity index (χ0n) is 19.7. The van der Waals surface area contributed by atoms with Gasteiger partial charge in [-0.15, -0.1) is 0 Å². The molecule has 9 atom stereocenters. The zero-order chi connectivity index (χ0) is 23.8. The second-order valence-corrected chi connectivity index (χ2v) is 11.6. The first kappa shape index (κ1) is 23.6. The van der Waals surface area contributed by atoms with Gasteiger partial charge in [-0.2, -0.15) is 13.2 Å². The molecule has 180 valence electrons. The minimum absolute atomic E-state index is 0.0120. The molecule has 2 N–H and O–H groups in total. The molecule has 1 heterocycles. The molecule has 4 unspecified atom stereocenters. The van der Waals surface area contributed by atoms with Gasteiger partial charge in [0.1, 0.15) is 5.92 Å². The van der Waals surface area contributed by atoms with Crippen LogP contribution in [0.4, 0.5) is 13.2 Å². The van der Waals surface area contributed by atoms with Gasteiger partial charge in [0.15, 0.2) is 0 Å². The van der Waals surface area contributed by atoms with E-state index < -0.39 is 29.5 Å². The Kier molecular flexibility index (Phi) is 5.53. The van der Waals surface area contributed by atoms with Gasteiger partial charge in [0.05, 0.1) is 0 Å². The SMILES string of the molecule is C=C(C(C)C1CC[C@H]2[C@@H]3CCC4N(C)C(=O)C(C(N)=O)C[C@]4(C)[C@@H]3CC[C@]12C)C(F)(F)F. The maximum atomic E-state index is 13.4. The minimum atomic E-state index is -4.35. The normalized spacial score (nSPS) is 45.0. The Labute approximate surface area is 189 Å². The van der Waals surface area contributed by atoms with Gasteiger partial charge in [-0.3, -0.25) is 9.59 Å². The molecule has 0 aromatic heterocycles. The van der Waals surface area contributed by atoms with Gasteiger partial charge in [-0.1, -0.05) is 27.4 Å². The van der Waals surface area contributed by atoms with Crippen LogP contribution in [-0.2, 0) is 9.59 Å². The molecule has 3 saturated carbocycles. The third-order valence-electron chi connectivity index (χ3n) is 10.5. The number of likely N-dealkylation sites (tertiary alicyclic amines) is 1. The highest BCUT2D eigenvalue weighted by molar-refractivity contribution is 6.00. The van der Waals surface area contributed by atoms with Gasteiger partial charge >= 0.3 is 6.18 Å². The van der Waals surface area contributed by atoms with Gasteiger partial charge in [0.2, 0.25) is 11.8 Å². The van der Waals surface area contributed by atoms with Gasteiger partial charge in [-0.05, 0) is 85.4 Å². The van der Waals surface area contributed by atoms with Crippen LogP contribution in [-0.4, -0.2) is 36.0 Å². The van der Waals surface area contributed by atoms with E-state index in [1.807, 2.05) is 0 Å². The van der Waals surface area contributed by atoms with Crippen LogP contribution in [0.5, 0.6) is 0 Å². The van der Waals surface area contributed by atoms with Crippen molar-refractivity contribution in [3.63, 3.8) is 0 Å². The van der Waals surface area contributed by atoms with Crippen molar-refractivity contribution in [2.75, 3.05) is 7.05 Å². The summed E-state index contributed by atoms with van der Waals surface area (Å²) in [6, 6.07) is 0.0948. The van der Waals surface area contributed by atoms with Crippen LogP contribution in [0.3, 0.4) is 0 Å². The highest BCUT2D eigenvalue weighted by Crippen LogP contribution is 2.67. The summed E-state index contributed by atoms with van der Waals surface area (Å²) >= 11 is 0. The van der Waals surface area contributed by atoms with Crippen LogP contribution in [0.2, 0.25) is 0 Å². The lowest BCUT2D eigenvalue weighted by atomic mass is 9.45. The third kappa shape index (κ3) is 3.24. The van der Waals surface area contributed by atoms with Crippen LogP contribution in [0.25, 0.3) is 0 Å². The zero-order valence-corrected chi connectivity index (χ0v) is 19.7. The average molecular weight is 455 g/mol. The first-order valence-electron chi connectivity index (χ1n) is 12.1. The Bertz CT molecular complexity index is 826. The molecule has 0 aromatic carbocycles. The number of nitrogens with zero attached hydrogens (tertiary/aromatic N) is 1. The van der Waals surface area contributed by atoms with Crippen LogP contribution >= 0.6 is 0 Å². The third-order valence-corrected chi connectivity index (χ3v) is 10.5. The van der Waals surface area contributed by atoms with Crippen molar-refractivity contribution in [2.45, 2.75) is 77.9 Å². The number of hydrogen-bond donors (Lipinski definition) is 1. The Morgan fingerprint density at radius 2 is 1.75 bits per heavy atom. The largest absolute Gasteiger partial charge is 0.412 e. The highest BCUT2D eigenvalue weighted by atomic mass is 19.4. The number of halogens is 3. The topological polar surface area (TPSA) is 63.4 Å². The monoisotopic (exact) mass is 454 g/mol. The molecular weight excluding hydrogens is 417 g/mol. The fourth-order valence-electron chi connectivity index (χ4n) is 8.87. The van der Waals surface area contributed by atoms with E-state index in [1.165, 1.54) is 0 Å². The van der Waals surface area contributed by atoms with Gasteiger partial charge < -0.3 is 10.6 Å². The Morgan fingerprint density at radius 1 is 1.12 bits per heavy atom. The Hall–Kier alpha value is -1.53. The van der Waals surface area contributed by atoms with Crippen LogP contribution in [0.15, 0.2) is 12.2 Å². The number of fused-ring (bicyclic) bond motifs is 5. The van der Waals surface area contributed by atoms with E-state index in [1.54, 1.807) is 18.9 Å². The maximum Gasteiger partial charge on any atom is 0.412 e. The molecule has 2 amide bonds. The molecule has 1 saturated heterocycles. The minimum Gasteiger partial charge on any atom is -0.369 e. The summed E-state index contributed by atoms with van der Waals surface area (Å²) in [6.45, 7) is 9.56. The van der Waals surface area contributed by atoms with E-state index in [0.29, 0.717) is 24.2 Å². The number of piperidine rings is 1. The molecule has 4 nitrogen and oxygen atoms in total. The van der Waals surface area contributed by atoms with E-state index >= 15 is 0 Å². The lowest BCUT2D eigenvalue weighted by Crippen LogP contribution is -2.64. The smallest absolute Gasteiger partial charge is 0.369 e. The summed E-state index contributed by atoms with van der Waals surface area (Å²) < 4.78 is 40.2. The fourth-order valence-corrected chi connectivity index (χ4v) is 8.87. The quantitative estimate of drug-likeness (QED) is 0.485. The molecule has 0 bridgehead atoms. The van der Waals surface area contributed by atoms with E-state index in [-0.39, 0.29) is 28.7 Å². The van der Waals surface area contributed by atoms with Gasteiger partial charge in [0, 0.05) is 18.7 Å². The van der Waals surface area contributed by atoms with E-state index in [2.05, 4.69) is 20.4 Å². The van der Waals surface area contributed by atoms with E-state index in [0.717, 1.165) is 38.5 Å². The number of carbonyl (C=O) groups is 2. The molecule has 7 heteroatoms. The summed E-state index contributed by atoms with van der Waals surface area (Å²) in [5, 5.41) is 0. The molecule has 0 radical (unpaired) electrons. The van der Waals surface area contributed by atoms with Gasteiger partial charge in [-0.25, -0.2) is 0 Å². The molecule has 4 aliphatic rings. The van der Waals surface area contributed by atoms with Crippen LogP contribution < -0.4 is 5.73 Å². The van der Waals surface area contributed by atoms with Crippen molar-refractivity contribution in [3.8, 4) is 0 Å². The first-order valence-corrected chi connectivity index (χ1v) is 12.1. The fraction of sp³-hybridized carbons (Fsp3) is 0.840. The summed E-state index contributed by atoms with van der Waals surface area (Å²) in [7, 11) is 1.80. The van der Waals surface area contributed by atoms with Crippen LogP contribution in [0, 0.1) is 46.3 Å². The van der Waals surface area contributed by atoms with Crippen molar-refractivity contribution in [1.29, 1.82) is 0 Å². The number of alkyl halides is 3. The summed E-state index contributed by atoms with van der Waals surface area (Å²) in [5.41, 5.74) is 4.69. The standard InChI is InChI=1S/C25H37F3N2O2/c1-13(14(2)25(26,27)28)17-7-8-18-15-6-9-20-24(4,19(15)10-11-23(17,18)3)12-16(21(29)31)22(32)30(20)5/h13,15-20H,2,6-12H2,1,3-5H3,(H2,29,31)/t13?,15-,16?,17?,18-,19+,20?,23+,24+/m0/s1. The van der Waals surface area contributed by atoms with Crippen molar-refractivity contribution in [1.82, 2.24) is 4.90 Å². The second-order valence-electron chi connectivity index (χ2n) is 11.6. The Balaban J connectivity index is 1.61. The molecule has 0 aromatic rings. The molecule has 32 heavy (non-hydrogen) atoms. The molecule has 0 spiro atoms. The number of nitrogens with two attached hydrogens (primary N) is 1. The number of allylic oxidation sites excluding steroid dienone is 1.